The molecule has 2 aromatic rings. The van der Waals surface area contributed by atoms with Crippen LogP contribution in [0, 0.1) is 0 Å². The summed E-state index contributed by atoms with van der Waals surface area (Å²) in [6.45, 7) is 0. The summed E-state index contributed by atoms with van der Waals surface area (Å²) in [5.41, 5.74) is 0.797. The highest BCUT2D eigenvalue weighted by molar-refractivity contribution is 7.90. The Morgan fingerprint density at radius 3 is 2.56 bits per heavy atom. The quantitative estimate of drug-likeness (QED) is 0.846. The minimum Gasteiger partial charge on any atom is -0.421 e. The Morgan fingerprint density at radius 2 is 1.84 bits per heavy atom. The van der Waals surface area contributed by atoms with Gasteiger partial charge in [-0.05, 0) is 25.0 Å². The fourth-order valence-corrected chi connectivity index (χ4v) is 4.48. The number of sulfonamides is 1. The fraction of sp³-hybridized carbons (Fsp3) is 0.471. The molecule has 0 unspecified atom stereocenters. The first-order valence-electron chi connectivity index (χ1n) is 8.47. The van der Waals surface area contributed by atoms with E-state index in [0.29, 0.717) is 24.6 Å². The average Bonchev–Trinajstić information content (AvgIpc) is 3.10. The van der Waals surface area contributed by atoms with Crippen LogP contribution >= 0.6 is 0 Å². The van der Waals surface area contributed by atoms with Crippen LogP contribution in [-0.2, 0) is 21.2 Å². The molecule has 1 aromatic carbocycles. The first-order valence-corrected chi connectivity index (χ1v) is 10.0. The molecule has 0 radical (unpaired) electrons. The normalized spacial score (nSPS) is 15.8. The van der Waals surface area contributed by atoms with Gasteiger partial charge in [0.1, 0.15) is 0 Å². The maximum atomic E-state index is 12.2. The van der Waals surface area contributed by atoms with E-state index in [4.69, 9.17) is 4.42 Å². The summed E-state index contributed by atoms with van der Waals surface area (Å²) in [6.07, 6.45) is 4.27. The number of hydrogen-bond donors (Lipinski definition) is 1. The van der Waals surface area contributed by atoms with E-state index in [1.165, 1.54) is 0 Å². The zero-order valence-corrected chi connectivity index (χ0v) is 14.7. The van der Waals surface area contributed by atoms with Crippen LogP contribution in [0.15, 0.2) is 34.7 Å². The van der Waals surface area contributed by atoms with E-state index in [1.54, 1.807) is 0 Å². The summed E-state index contributed by atoms with van der Waals surface area (Å²) in [5, 5.41) is 7.39. The first kappa shape index (κ1) is 17.6. The van der Waals surface area contributed by atoms with Crippen LogP contribution in [0.2, 0.25) is 0 Å². The first-order chi connectivity index (χ1) is 12.0. The van der Waals surface area contributed by atoms with Crippen molar-refractivity contribution >= 4 is 15.9 Å². The Balaban J connectivity index is 1.53. The molecule has 0 atom stereocenters. The maximum absolute atomic E-state index is 12.2. The number of hydrogen-bond acceptors (Lipinski definition) is 6. The highest BCUT2D eigenvalue weighted by Crippen LogP contribution is 2.23. The standard InChI is InChI=1S/C17H21N3O4S/c21-15(20-25(22,23)14-9-5-2-6-10-14)11-12-16-18-19-17(24-16)13-7-3-1-4-8-13/h1,3-4,7-8,14H,2,5-6,9-12H2,(H,20,21). The molecule has 1 N–H and O–H groups in total. The van der Waals surface area contributed by atoms with E-state index in [0.717, 1.165) is 24.8 Å². The third-order valence-electron chi connectivity index (χ3n) is 4.30. The van der Waals surface area contributed by atoms with Crippen molar-refractivity contribution < 1.29 is 17.6 Å². The number of nitrogens with one attached hydrogen (secondary N) is 1. The highest BCUT2D eigenvalue weighted by Gasteiger charge is 2.28. The molecule has 3 rings (SSSR count). The average molecular weight is 363 g/mol. The Kier molecular flexibility index (Phi) is 5.47. The number of carbonyl (C=O) groups is 1. The molecule has 25 heavy (non-hydrogen) atoms. The van der Waals surface area contributed by atoms with Crippen molar-refractivity contribution in [1.29, 1.82) is 0 Å². The van der Waals surface area contributed by atoms with E-state index in [-0.39, 0.29) is 12.8 Å². The molecule has 1 aliphatic rings. The van der Waals surface area contributed by atoms with Crippen molar-refractivity contribution in [2.45, 2.75) is 50.2 Å². The van der Waals surface area contributed by atoms with Gasteiger partial charge in [0.15, 0.2) is 0 Å². The second-order valence-electron chi connectivity index (χ2n) is 6.20. The van der Waals surface area contributed by atoms with Crippen molar-refractivity contribution in [2.24, 2.45) is 0 Å². The van der Waals surface area contributed by atoms with Crippen molar-refractivity contribution in [3.8, 4) is 11.5 Å². The Bertz CT molecular complexity index is 811. The summed E-state index contributed by atoms with van der Waals surface area (Å²) in [5.74, 6) is 0.153. The summed E-state index contributed by atoms with van der Waals surface area (Å²) in [6, 6.07) is 9.31. The molecule has 1 amide bonds. The molecule has 1 heterocycles. The van der Waals surface area contributed by atoms with E-state index in [1.807, 2.05) is 30.3 Å². The zero-order chi connectivity index (χ0) is 17.7. The van der Waals surface area contributed by atoms with Crippen LogP contribution in [0.4, 0.5) is 0 Å². The smallest absolute Gasteiger partial charge is 0.247 e. The topological polar surface area (TPSA) is 102 Å². The molecular formula is C17H21N3O4S. The van der Waals surface area contributed by atoms with E-state index in [9.17, 15) is 13.2 Å². The molecule has 7 nitrogen and oxygen atoms in total. The lowest BCUT2D eigenvalue weighted by Crippen LogP contribution is -2.39. The third-order valence-corrected chi connectivity index (χ3v) is 6.16. The molecule has 0 saturated heterocycles. The Labute approximate surface area is 146 Å². The number of aromatic nitrogens is 2. The van der Waals surface area contributed by atoms with Crippen molar-refractivity contribution in [3.63, 3.8) is 0 Å². The largest absolute Gasteiger partial charge is 0.421 e. The van der Waals surface area contributed by atoms with E-state index >= 15 is 0 Å². The van der Waals surface area contributed by atoms with Crippen molar-refractivity contribution in [3.05, 3.63) is 36.2 Å². The van der Waals surface area contributed by atoms with Crippen LogP contribution in [-0.4, -0.2) is 29.8 Å². The number of rotatable bonds is 6. The molecule has 8 heteroatoms. The minimum atomic E-state index is -3.59. The van der Waals surface area contributed by atoms with Crippen LogP contribution in [0.1, 0.15) is 44.4 Å². The van der Waals surface area contributed by atoms with Crippen LogP contribution in [0.25, 0.3) is 11.5 Å². The predicted molar refractivity (Wildman–Crippen MR) is 92.0 cm³/mol. The van der Waals surface area contributed by atoms with Crippen LogP contribution < -0.4 is 4.72 Å². The van der Waals surface area contributed by atoms with Crippen molar-refractivity contribution in [1.82, 2.24) is 14.9 Å². The van der Waals surface area contributed by atoms with Crippen molar-refractivity contribution in [2.75, 3.05) is 0 Å². The van der Waals surface area contributed by atoms with Gasteiger partial charge in [0.25, 0.3) is 0 Å². The molecule has 0 bridgehead atoms. The molecule has 1 fully saturated rings. The lowest BCUT2D eigenvalue weighted by Gasteiger charge is -2.21. The second kappa shape index (κ2) is 7.77. The predicted octanol–water partition coefficient (Wildman–Crippen LogP) is 2.45. The minimum absolute atomic E-state index is 0.0115. The molecular weight excluding hydrogens is 342 g/mol. The number of carbonyl (C=O) groups excluding carboxylic acids is 1. The summed E-state index contributed by atoms with van der Waals surface area (Å²) in [7, 11) is -3.59. The number of amides is 1. The Morgan fingerprint density at radius 1 is 1.12 bits per heavy atom. The zero-order valence-electron chi connectivity index (χ0n) is 13.8. The molecule has 134 valence electrons. The van der Waals surface area contributed by atoms with Gasteiger partial charge in [-0.3, -0.25) is 9.52 Å². The van der Waals surface area contributed by atoms with Gasteiger partial charge < -0.3 is 4.42 Å². The van der Waals surface area contributed by atoms with Gasteiger partial charge in [0, 0.05) is 18.4 Å². The molecule has 0 spiro atoms. The Hall–Kier alpha value is -2.22. The maximum Gasteiger partial charge on any atom is 0.247 e. The van der Waals surface area contributed by atoms with Gasteiger partial charge in [0.05, 0.1) is 5.25 Å². The molecule has 1 aromatic heterocycles. The number of nitrogens with zero attached hydrogens (tertiary/aromatic N) is 2. The summed E-state index contributed by atoms with van der Waals surface area (Å²) < 4.78 is 32.1. The lowest BCUT2D eigenvalue weighted by atomic mass is 10.0. The lowest BCUT2D eigenvalue weighted by molar-refractivity contribution is -0.119. The number of benzene rings is 1. The SMILES string of the molecule is O=C(CCc1nnc(-c2ccccc2)o1)NS(=O)(=O)C1CCCCC1. The second-order valence-corrected chi connectivity index (χ2v) is 8.16. The van der Waals surface area contributed by atoms with Gasteiger partial charge in [-0.25, -0.2) is 8.42 Å². The van der Waals surface area contributed by atoms with E-state index in [2.05, 4.69) is 14.9 Å². The van der Waals surface area contributed by atoms with Gasteiger partial charge >= 0.3 is 0 Å². The third kappa shape index (κ3) is 4.66. The summed E-state index contributed by atoms with van der Waals surface area (Å²) in [4.78, 5) is 12.0. The van der Waals surface area contributed by atoms with E-state index < -0.39 is 21.2 Å². The van der Waals surface area contributed by atoms with Crippen LogP contribution in [0.3, 0.4) is 0 Å². The molecule has 1 saturated carbocycles. The fourth-order valence-electron chi connectivity index (χ4n) is 2.94. The number of aryl methyl sites for hydroxylation is 1. The molecule has 1 aliphatic carbocycles. The monoisotopic (exact) mass is 363 g/mol. The van der Waals surface area contributed by atoms with Gasteiger partial charge in [-0.2, -0.15) is 0 Å². The highest BCUT2D eigenvalue weighted by atomic mass is 32.2. The molecule has 0 aliphatic heterocycles. The van der Waals surface area contributed by atoms with Gasteiger partial charge in [0.2, 0.25) is 27.7 Å². The van der Waals surface area contributed by atoms with Crippen LogP contribution in [0.5, 0.6) is 0 Å². The summed E-state index contributed by atoms with van der Waals surface area (Å²) >= 11 is 0. The van der Waals surface area contributed by atoms with Gasteiger partial charge in [-0.1, -0.05) is 37.5 Å². The van der Waals surface area contributed by atoms with Gasteiger partial charge in [-0.15, -0.1) is 10.2 Å².